The first-order chi connectivity index (χ1) is 9.22. The van der Waals surface area contributed by atoms with Gasteiger partial charge in [-0.3, -0.25) is 9.78 Å². The molecule has 0 radical (unpaired) electrons. The van der Waals surface area contributed by atoms with Crippen LogP contribution in [-0.2, 0) is 11.3 Å². The number of carbonyl (C=O) groups is 2. The molecule has 0 fully saturated rings. The molecule has 0 saturated heterocycles. The zero-order valence-corrected chi connectivity index (χ0v) is 10.9. The van der Waals surface area contributed by atoms with Crippen LogP contribution in [0.2, 0.25) is 0 Å². The summed E-state index contributed by atoms with van der Waals surface area (Å²) in [4.78, 5) is 29.9. The summed E-state index contributed by atoms with van der Waals surface area (Å²) in [6.45, 7) is 0.456. The van der Waals surface area contributed by atoms with Crippen LogP contribution in [-0.4, -0.2) is 24.0 Å². The third-order valence-electron chi connectivity index (χ3n) is 3.02. The predicted molar refractivity (Wildman–Crippen MR) is 70.4 cm³/mol. The average molecular weight is 274 g/mol. The van der Waals surface area contributed by atoms with Crippen molar-refractivity contribution in [2.75, 3.05) is 12.0 Å². The Labute approximate surface area is 113 Å². The SMILES string of the molecule is COC(=O)c1sccc1N1Cc2ccncc2C1=O. The molecule has 1 aliphatic rings. The molecular formula is C13H10N2O3S. The Morgan fingerprint density at radius 2 is 2.32 bits per heavy atom. The largest absolute Gasteiger partial charge is 0.465 e. The smallest absolute Gasteiger partial charge is 0.350 e. The molecule has 0 bridgehead atoms. The van der Waals surface area contributed by atoms with Crippen LogP contribution in [0.1, 0.15) is 25.6 Å². The second-order valence-corrected chi connectivity index (χ2v) is 4.97. The third kappa shape index (κ3) is 1.80. The van der Waals surface area contributed by atoms with Gasteiger partial charge in [-0.15, -0.1) is 11.3 Å². The summed E-state index contributed by atoms with van der Waals surface area (Å²) in [5.41, 5.74) is 2.10. The van der Waals surface area contributed by atoms with E-state index in [9.17, 15) is 9.59 Å². The van der Waals surface area contributed by atoms with Gasteiger partial charge in [0.2, 0.25) is 0 Å². The monoisotopic (exact) mass is 274 g/mol. The molecule has 0 saturated carbocycles. The number of hydrogen-bond acceptors (Lipinski definition) is 5. The number of anilines is 1. The molecule has 96 valence electrons. The molecule has 3 rings (SSSR count). The van der Waals surface area contributed by atoms with Gasteiger partial charge in [-0.2, -0.15) is 0 Å². The lowest BCUT2D eigenvalue weighted by molar-refractivity contribution is 0.0607. The van der Waals surface area contributed by atoms with Crippen LogP contribution >= 0.6 is 11.3 Å². The Morgan fingerprint density at radius 1 is 1.47 bits per heavy atom. The molecule has 3 heterocycles. The highest BCUT2D eigenvalue weighted by Gasteiger charge is 2.31. The highest BCUT2D eigenvalue weighted by Crippen LogP contribution is 2.33. The lowest BCUT2D eigenvalue weighted by Crippen LogP contribution is -2.24. The Morgan fingerprint density at radius 3 is 3.05 bits per heavy atom. The Balaban J connectivity index is 2.01. The number of carbonyl (C=O) groups excluding carboxylic acids is 2. The van der Waals surface area contributed by atoms with E-state index in [1.54, 1.807) is 28.7 Å². The first kappa shape index (κ1) is 11.9. The van der Waals surface area contributed by atoms with Crippen LogP contribution in [0, 0.1) is 0 Å². The second kappa shape index (κ2) is 4.47. The molecule has 1 amide bonds. The van der Waals surface area contributed by atoms with Gasteiger partial charge in [-0.25, -0.2) is 4.79 Å². The van der Waals surface area contributed by atoms with Crippen molar-refractivity contribution < 1.29 is 14.3 Å². The van der Waals surface area contributed by atoms with E-state index in [4.69, 9.17) is 4.74 Å². The van der Waals surface area contributed by atoms with E-state index in [1.807, 2.05) is 6.07 Å². The summed E-state index contributed by atoms with van der Waals surface area (Å²) in [6.07, 6.45) is 3.21. The average Bonchev–Trinajstić information content (AvgIpc) is 3.03. The van der Waals surface area contributed by atoms with Crippen LogP contribution < -0.4 is 4.90 Å². The highest BCUT2D eigenvalue weighted by atomic mass is 32.1. The normalized spacial score (nSPS) is 13.5. The molecule has 0 N–H and O–H groups in total. The maximum atomic E-state index is 12.3. The fraction of sp³-hybridized carbons (Fsp3) is 0.154. The van der Waals surface area contributed by atoms with Crippen LogP contribution in [0.25, 0.3) is 0 Å². The number of aromatic nitrogens is 1. The maximum absolute atomic E-state index is 12.3. The number of nitrogens with zero attached hydrogens (tertiary/aromatic N) is 2. The van der Waals surface area contributed by atoms with Gasteiger partial charge in [0.25, 0.3) is 5.91 Å². The first-order valence-electron chi connectivity index (χ1n) is 5.63. The number of methoxy groups -OCH3 is 1. The van der Waals surface area contributed by atoms with Crippen molar-refractivity contribution in [2.45, 2.75) is 6.54 Å². The van der Waals surface area contributed by atoms with Gasteiger partial charge in [0.15, 0.2) is 0 Å². The number of pyridine rings is 1. The molecule has 0 unspecified atom stereocenters. The van der Waals surface area contributed by atoms with E-state index in [0.717, 1.165) is 5.56 Å². The molecule has 19 heavy (non-hydrogen) atoms. The molecule has 2 aromatic rings. The minimum absolute atomic E-state index is 0.133. The molecule has 1 aliphatic heterocycles. The Kier molecular flexibility index (Phi) is 2.79. The number of fused-ring (bicyclic) bond motifs is 1. The molecule has 0 atom stereocenters. The van der Waals surface area contributed by atoms with Gasteiger partial charge < -0.3 is 9.64 Å². The standard InChI is InChI=1S/C13H10N2O3S/c1-18-13(17)11-10(3-5-19-11)15-7-8-2-4-14-6-9(8)12(15)16/h2-6H,7H2,1H3. The van der Waals surface area contributed by atoms with E-state index < -0.39 is 5.97 Å². The van der Waals surface area contributed by atoms with E-state index in [0.29, 0.717) is 22.7 Å². The van der Waals surface area contributed by atoms with Crippen molar-refractivity contribution >= 4 is 28.9 Å². The lowest BCUT2D eigenvalue weighted by atomic mass is 10.2. The van der Waals surface area contributed by atoms with Gasteiger partial charge in [0.1, 0.15) is 4.88 Å². The molecule has 2 aromatic heterocycles. The van der Waals surface area contributed by atoms with E-state index in [-0.39, 0.29) is 5.91 Å². The summed E-state index contributed by atoms with van der Waals surface area (Å²) in [7, 11) is 1.33. The topological polar surface area (TPSA) is 59.5 Å². The lowest BCUT2D eigenvalue weighted by Gasteiger charge is -2.15. The number of hydrogen-bond donors (Lipinski definition) is 0. The summed E-state index contributed by atoms with van der Waals surface area (Å²) < 4.78 is 4.73. The molecule has 5 nitrogen and oxygen atoms in total. The molecule has 6 heteroatoms. The maximum Gasteiger partial charge on any atom is 0.350 e. The number of ether oxygens (including phenoxy) is 1. The quantitative estimate of drug-likeness (QED) is 0.787. The van der Waals surface area contributed by atoms with Gasteiger partial charge in [-0.05, 0) is 23.1 Å². The van der Waals surface area contributed by atoms with Crippen molar-refractivity contribution in [1.29, 1.82) is 0 Å². The van der Waals surface area contributed by atoms with Crippen LogP contribution in [0.4, 0.5) is 5.69 Å². The number of amides is 1. The summed E-state index contributed by atoms with van der Waals surface area (Å²) in [6, 6.07) is 3.57. The Bertz CT molecular complexity index is 665. The summed E-state index contributed by atoms with van der Waals surface area (Å²) in [5, 5.41) is 1.77. The fourth-order valence-corrected chi connectivity index (χ4v) is 2.91. The molecule has 0 aliphatic carbocycles. The summed E-state index contributed by atoms with van der Waals surface area (Å²) >= 11 is 1.27. The van der Waals surface area contributed by atoms with Gasteiger partial charge in [-0.1, -0.05) is 0 Å². The van der Waals surface area contributed by atoms with E-state index in [1.165, 1.54) is 18.4 Å². The first-order valence-corrected chi connectivity index (χ1v) is 6.51. The minimum Gasteiger partial charge on any atom is -0.465 e. The predicted octanol–water partition coefficient (Wildman–Crippen LogP) is 2.09. The minimum atomic E-state index is -0.424. The number of thiophene rings is 1. The van der Waals surface area contributed by atoms with Gasteiger partial charge in [0.05, 0.1) is 24.9 Å². The Hall–Kier alpha value is -2.21. The van der Waals surface area contributed by atoms with Crippen LogP contribution in [0.5, 0.6) is 0 Å². The van der Waals surface area contributed by atoms with Gasteiger partial charge >= 0.3 is 5.97 Å². The van der Waals surface area contributed by atoms with Crippen LogP contribution in [0.15, 0.2) is 29.9 Å². The van der Waals surface area contributed by atoms with Crippen molar-refractivity contribution in [1.82, 2.24) is 4.98 Å². The van der Waals surface area contributed by atoms with Crippen molar-refractivity contribution in [3.8, 4) is 0 Å². The van der Waals surface area contributed by atoms with E-state index in [2.05, 4.69) is 4.98 Å². The fourth-order valence-electron chi connectivity index (χ4n) is 2.10. The number of rotatable bonds is 2. The van der Waals surface area contributed by atoms with E-state index >= 15 is 0 Å². The summed E-state index contributed by atoms with van der Waals surface area (Å²) in [5.74, 6) is -0.557. The van der Waals surface area contributed by atoms with Crippen molar-refractivity contribution in [3.05, 3.63) is 45.9 Å². The molecule has 0 aromatic carbocycles. The zero-order chi connectivity index (χ0) is 13.4. The zero-order valence-electron chi connectivity index (χ0n) is 10.1. The molecule has 0 spiro atoms. The van der Waals surface area contributed by atoms with Crippen LogP contribution in [0.3, 0.4) is 0 Å². The molecular weight excluding hydrogens is 264 g/mol. The third-order valence-corrected chi connectivity index (χ3v) is 3.91. The van der Waals surface area contributed by atoms with Crippen molar-refractivity contribution in [3.63, 3.8) is 0 Å². The second-order valence-electron chi connectivity index (χ2n) is 4.05. The van der Waals surface area contributed by atoms with Crippen molar-refractivity contribution in [2.24, 2.45) is 0 Å². The van der Waals surface area contributed by atoms with Gasteiger partial charge in [0, 0.05) is 12.4 Å². The highest BCUT2D eigenvalue weighted by molar-refractivity contribution is 7.12. The number of esters is 1.